The first-order valence-corrected chi connectivity index (χ1v) is 10.1. The summed E-state index contributed by atoms with van der Waals surface area (Å²) in [6.07, 6.45) is 0.716. The van der Waals surface area contributed by atoms with Crippen molar-refractivity contribution in [1.29, 1.82) is 0 Å². The van der Waals surface area contributed by atoms with Gasteiger partial charge in [-0.25, -0.2) is 4.68 Å². The summed E-state index contributed by atoms with van der Waals surface area (Å²) in [4.78, 5) is 13.0. The molecular weight excluding hydrogens is 334 g/mol. The van der Waals surface area contributed by atoms with Crippen LogP contribution in [-0.2, 0) is 32.6 Å². The van der Waals surface area contributed by atoms with Crippen molar-refractivity contribution in [2.75, 3.05) is 5.32 Å². The summed E-state index contributed by atoms with van der Waals surface area (Å²) < 4.78 is 13.8. The molecule has 1 aliphatic heterocycles. The molecular formula is C19H25N3O2S. The van der Waals surface area contributed by atoms with Gasteiger partial charge in [-0.2, -0.15) is 5.10 Å². The highest BCUT2D eigenvalue weighted by Gasteiger charge is 2.32. The maximum atomic E-state index is 13.0. The van der Waals surface area contributed by atoms with Crippen molar-refractivity contribution in [3.05, 3.63) is 47.2 Å². The molecule has 1 aliphatic rings. The first-order chi connectivity index (χ1) is 11.8. The molecule has 2 atom stereocenters. The van der Waals surface area contributed by atoms with Gasteiger partial charge in [0.05, 0.1) is 28.7 Å². The number of nitrogens with zero attached hydrogens (tertiary/aromatic N) is 2. The standard InChI is InChI=1S/C19H25N3O2S/c1-5-14(13-9-7-6-8-10-13)18(23)20-17-15-11-25(24)12-16(15)21-22(17)19(2,3)4/h6-10,14H,5,11-12H2,1-4H3,(H,20,23). The van der Waals surface area contributed by atoms with E-state index in [1.54, 1.807) is 0 Å². The zero-order valence-corrected chi connectivity index (χ0v) is 16.0. The molecule has 1 aromatic carbocycles. The van der Waals surface area contributed by atoms with Crippen molar-refractivity contribution >= 4 is 22.5 Å². The molecule has 0 aliphatic carbocycles. The Hall–Kier alpha value is -1.95. The fourth-order valence-electron chi connectivity index (χ4n) is 3.20. The summed E-state index contributed by atoms with van der Waals surface area (Å²) in [5, 5.41) is 7.73. The highest BCUT2D eigenvalue weighted by Crippen LogP contribution is 2.34. The Bertz CT molecular complexity index is 806. The molecule has 0 radical (unpaired) electrons. The lowest BCUT2D eigenvalue weighted by molar-refractivity contribution is -0.117. The zero-order chi connectivity index (χ0) is 18.2. The van der Waals surface area contributed by atoms with Crippen LogP contribution in [0.15, 0.2) is 30.3 Å². The second-order valence-electron chi connectivity index (χ2n) is 7.45. The van der Waals surface area contributed by atoms with Crippen LogP contribution in [0.25, 0.3) is 0 Å². The average molecular weight is 359 g/mol. The third-order valence-corrected chi connectivity index (χ3v) is 5.68. The molecule has 1 amide bonds. The minimum Gasteiger partial charge on any atom is -0.310 e. The largest absolute Gasteiger partial charge is 0.310 e. The normalized spacial score (nSPS) is 18.0. The van der Waals surface area contributed by atoms with Crippen LogP contribution in [-0.4, -0.2) is 19.9 Å². The minimum absolute atomic E-state index is 0.0421. The molecule has 0 spiro atoms. The molecule has 1 N–H and O–H groups in total. The number of rotatable bonds is 4. The third-order valence-electron chi connectivity index (χ3n) is 4.47. The fraction of sp³-hybridized carbons (Fsp3) is 0.474. The van der Waals surface area contributed by atoms with Crippen LogP contribution < -0.4 is 5.32 Å². The zero-order valence-electron chi connectivity index (χ0n) is 15.2. The summed E-state index contributed by atoms with van der Waals surface area (Å²) in [5.74, 6) is 1.37. The second-order valence-corrected chi connectivity index (χ2v) is 8.90. The van der Waals surface area contributed by atoms with Gasteiger partial charge in [0, 0.05) is 16.4 Å². The summed E-state index contributed by atoms with van der Waals surface area (Å²) in [7, 11) is -0.924. The molecule has 0 bridgehead atoms. The van der Waals surface area contributed by atoms with E-state index in [4.69, 9.17) is 0 Å². The fourth-order valence-corrected chi connectivity index (χ4v) is 4.47. The Morgan fingerprint density at radius 3 is 2.56 bits per heavy atom. The summed E-state index contributed by atoms with van der Waals surface area (Å²) in [6.45, 7) is 8.17. The Morgan fingerprint density at radius 1 is 1.28 bits per heavy atom. The molecule has 0 saturated heterocycles. The Kier molecular flexibility index (Phi) is 4.82. The lowest BCUT2D eigenvalue weighted by Gasteiger charge is -2.24. The Balaban J connectivity index is 1.94. The van der Waals surface area contributed by atoms with E-state index in [9.17, 15) is 9.00 Å². The van der Waals surface area contributed by atoms with Crippen molar-refractivity contribution in [3.8, 4) is 0 Å². The molecule has 2 aromatic rings. The average Bonchev–Trinajstić information content (AvgIpc) is 3.06. The van der Waals surface area contributed by atoms with E-state index in [1.165, 1.54) is 0 Å². The molecule has 3 rings (SSSR count). The summed E-state index contributed by atoms with van der Waals surface area (Å²) in [5.41, 5.74) is 2.51. The number of hydrogen-bond donors (Lipinski definition) is 1. The number of amides is 1. The highest BCUT2D eigenvalue weighted by atomic mass is 32.2. The van der Waals surface area contributed by atoms with E-state index in [0.717, 1.165) is 16.8 Å². The molecule has 134 valence electrons. The number of carbonyl (C=O) groups is 1. The lowest BCUT2D eigenvalue weighted by Crippen LogP contribution is -2.29. The first-order valence-electron chi connectivity index (χ1n) is 8.63. The quantitative estimate of drug-likeness (QED) is 0.908. The summed E-state index contributed by atoms with van der Waals surface area (Å²) >= 11 is 0. The van der Waals surface area contributed by atoms with E-state index < -0.39 is 10.8 Å². The van der Waals surface area contributed by atoms with Gasteiger partial charge in [-0.1, -0.05) is 37.3 Å². The van der Waals surface area contributed by atoms with Crippen LogP contribution in [0.4, 0.5) is 5.82 Å². The van der Waals surface area contributed by atoms with Crippen LogP contribution in [0, 0.1) is 0 Å². The van der Waals surface area contributed by atoms with Gasteiger partial charge in [-0.05, 0) is 32.8 Å². The number of nitrogens with one attached hydrogen (secondary N) is 1. The van der Waals surface area contributed by atoms with E-state index in [0.29, 0.717) is 23.7 Å². The predicted octanol–water partition coefficient (Wildman–Crippen LogP) is 3.53. The van der Waals surface area contributed by atoms with Crippen LogP contribution in [0.3, 0.4) is 0 Å². The van der Waals surface area contributed by atoms with Gasteiger partial charge in [0.2, 0.25) is 5.91 Å². The van der Waals surface area contributed by atoms with Gasteiger partial charge in [0.1, 0.15) is 5.82 Å². The van der Waals surface area contributed by atoms with Crippen LogP contribution in [0.2, 0.25) is 0 Å². The number of hydrogen-bond acceptors (Lipinski definition) is 3. The van der Waals surface area contributed by atoms with Crippen LogP contribution >= 0.6 is 0 Å². The van der Waals surface area contributed by atoms with Gasteiger partial charge in [0.15, 0.2) is 0 Å². The van der Waals surface area contributed by atoms with Gasteiger partial charge in [0.25, 0.3) is 0 Å². The molecule has 5 nitrogen and oxygen atoms in total. The third kappa shape index (κ3) is 3.54. The van der Waals surface area contributed by atoms with Crippen molar-refractivity contribution in [3.63, 3.8) is 0 Å². The maximum Gasteiger partial charge on any atom is 0.233 e. The Morgan fingerprint density at radius 2 is 1.96 bits per heavy atom. The van der Waals surface area contributed by atoms with Crippen molar-refractivity contribution in [1.82, 2.24) is 9.78 Å². The molecule has 0 saturated carbocycles. The van der Waals surface area contributed by atoms with E-state index in [1.807, 2.05) is 41.9 Å². The monoisotopic (exact) mass is 359 g/mol. The van der Waals surface area contributed by atoms with Crippen molar-refractivity contribution in [2.24, 2.45) is 0 Å². The molecule has 25 heavy (non-hydrogen) atoms. The van der Waals surface area contributed by atoms with E-state index >= 15 is 0 Å². The Labute approximate surface area is 151 Å². The van der Waals surface area contributed by atoms with Gasteiger partial charge in [-0.15, -0.1) is 0 Å². The topological polar surface area (TPSA) is 64.0 Å². The SMILES string of the molecule is CCC(C(=O)Nc1c2c(nn1C(C)(C)C)CS(=O)C2)c1ccccc1. The first kappa shape index (κ1) is 17.9. The molecule has 0 fully saturated rings. The van der Waals surface area contributed by atoms with E-state index in [-0.39, 0.29) is 17.4 Å². The smallest absolute Gasteiger partial charge is 0.233 e. The molecule has 2 heterocycles. The van der Waals surface area contributed by atoms with Crippen LogP contribution in [0.5, 0.6) is 0 Å². The number of anilines is 1. The van der Waals surface area contributed by atoms with Crippen molar-refractivity contribution < 1.29 is 9.00 Å². The second kappa shape index (κ2) is 6.75. The maximum absolute atomic E-state index is 13.0. The van der Waals surface area contributed by atoms with E-state index in [2.05, 4.69) is 31.2 Å². The lowest BCUT2D eigenvalue weighted by atomic mass is 9.95. The molecule has 6 heteroatoms. The van der Waals surface area contributed by atoms with Crippen LogP contribution in [0.1, 0.15) is 56.9 Å². The number of benzene rings is 1. The van der Waals surface area contributed by atoms with Gasteiger partial charge >= 0.3 is 0 Å². The van der Waals surface area contributed by atoms with Gasteiger partial charge < -0.3 is 5.32 Å². The number of fused-ring (bicyclic) bond motifs is 1. The molecule has 2 unspecified atom stereocenters. The van der Waals surface area contributed by atoms with Gasteiger partial charge in [-0.3, -0.25) is 9.00 Å². The summed E-state index contributed by atoms with van der Waals surface area (Å²) in [6, 6.07) is 9.81. The number of carbonyl (C=O) groups excluding carboxylic acids is 1. The van der Waals surface area contributed by atoms with Crippen molar-refractivity contribution in [2.45, 2.75) is 57.1 Å². The predicted molar refractivity (Wildman–Crippen MR) is 101 cm³/mol. The molecule has 1 aromatic heterocycles. The minimum atomic E-state index is -0.924. The number of aromatic nitrogens is 2. The highest BCUT2D eigenvalue weighted by molar-refractivity contribution is 7.83.